The Balaban J connectivity index is 0.000000180. The monoisotopic (exact) mass is 278 g/mol. The molecule has 0 bridgehead atoms. The molecule has 0 spiro atoms. The van der Waals surface area contributed by atoms with E-state index in [4.69, 9.17) is 11.5 Å². The fourth-order valence-electron chi connectivity index (χ4n) is 1.23. The van der Waals surface area contributed by atoms with E-state index in [0.29, 0.717) is 11.8 Å². The van der Waals surface area contributed by atoms with Crippen LogP contribution in [0.4, 0.5) is 0 Å². The third-order valence-corrected chi connectivity index (χ3v) is 3.53. The maximum atomic E-state index is 5.32. The van der Waals surface area contributed by atoms with E-state index in [-0.39, 0.29) is 0 Å². The molecule has 0 aliphatic heterocycles. The molecule has 4 heteroatoms. The predicted octanol–water partition coefficient (Wildman–Crippen LogP) is 3.39. The summed E-state index contributed by atoms with van der Waals surface area (Å²) in [6.07, 6.45) is 0. The lowest BCUT2D eigenvalue weighted by molar-refractivity contribution is 1.37. The third kappa shape index (κ3) is 6.71. The van der Waals surface area contributed by atoms with E-state index >= 15 is 0 Å². The lowest BCUT2D eigenvalue weighted by atomic mass is 10.4. The van der Waals surface area contributed by atoms with Gasteiger partial charge in [-0.2, -0.15) is 0 Å². The van der Waals surface area contributed by atoms with E-state index in [1.54, 1.807) is 23.5 Å². The molecule has 4 N–H and O–H groups in total. The summed E-state index contributed by atoms with van der Waals surface area (Å²) in [5.41, 5.74) is 10.6. The predicted molar refractivity (Wildman–Crippen MR) is 82.7 cm³/mol. The molecule has 0 unspecified atom stereocenters. The summed E-state index contributed by atoms with van der Waals surface area (Å²) in [5, 5.41) is 0. The highest BCUT2D eigenvalue weighted by Gasteiger charge is 1.85. The van der Waals surface area contributed by atoms with Crippen molar-refractivity contribution in [3.8, 4) is 0 Å². The molecule has 0 aromatic heterocycles. The van der Waals surface area contributed by atoms with Crippen LogP contribution in [0.3, 0.4) is 0 Å². The zero-order valence-corrected chi connectivity index (χ0v) is 11.8. The quantitative estimate of drug-likeness (QED) is 0.665. The van der Waals surface area contributed by atoms with Crippen LogP contribution < -0.4 is 11.5 Å². The Hall–Kier alpha value is -0.940. The molecule has 0 aliphatic carbocycles. The molecule has 2 aromatic carbocycles. The first kappa shape index (κ1) is 15.1. The normalized spacial score (nSPS) is 9.44. The molecular weight excluding hydrogens is 260 g/mol. The highest BCUT2D eigenvalue weighted by molar-refractivity contribution is 7.99. The van der Waals surface area contributed by atoms with Crippen molar-refractivity contribution >= 4 is 23.5 Å². The van der Waals surface area contributed by atoms with Gasteiger partial charge in [0.05, 0.1) is 0 Å². The second-order valence-corrected chi connectivity index (χ2v) is 5.43. The molecule has 0 radical (unpaired) electrons. The SMILES string of the molecule is NCSc1ccccc1.NCSc1ccccc1. The maximum Gasteiger partial charge on any atom is 0.0440 e. The average molecular weight is 278 g/mol. The minimum Gasteiger partial charge on any atom is -0.322 e. The summed E-state index contributed by atoms with van der Waals surface area (Å²) < 4.78 is 0. The summed E-state index contributed by atoms with van der Waals surface area (Å²) in [6.45, 7) is 0. The van der Waals surface area contributed by atoms with Gasteiger partial charge in [-0.15, -0.1) is 23.5 Å². The van der Waals surface area contributed by atoms with Crippen LogP contribution in [0.25, 0.3) is 0 Å². The Labute approximate surface area is 117 Å². The Morgan fingerprint density at radius 1 is 0.611 bits per heavy atom. The standard InChI is InChI=1S/2C7H9NS/c2*8-6-9-7-4-2-1-3-5-7/h2*1-5H,6,8H2. The number of thioether (sulfide) groups is 2. The van der Waals surface area contributed by atoms with Crippen molar-refractivity contribution in [2.24, 2.45) is 11.5 Å². The van der Waals surface area contributed by atoms with Crippen LogP contribution >= 0.6 is 23.5 Å². The number of benzene rings is 2. The third-order valence-electron chi connectivity index (χ3n) is 1.99. The number of rotatable bonds is 4. The minimum absolute atomic E-state index is 0.657. The van der Waals surface area contributed by atoms with E-state index < -0.39 is 0 Å². The van der Waals surface area contributed by atoms with Crippen molar-refractivity contribution in [2.75, 3.05) is 11.8 Å². The van der Waals surface area contributed by atoms with Gasteiger partial charge in [-0.1, -0.05) is 36.4 Å². The van der Waals surface area contributed by atoms with Gasteiger partial charge in [0.15, 0.2) is 0 Å². The van der Waals surface area contributed by atoms with Crippen molar-refractivity contribution in [3.05, 3.63) is 60.7 Å². The largest absolute Gasteiger partial charge is 0.322 e. The Bertz CT molecular complexity index is 365. The van der Waals surface area contributed by atoms with Gasteiger partial charge in [0.2, 0.25) is 0 Å². The summed E-state index contributed by atoms with van der Waals surface area (Å²) in [6, 6.07) is 20.3. The molecule has 0 fully saturated rings. The van der Waals surface area contributed by atoms with Gasteiger partial charge in [-0.25, -0.2) is 0 Å². The number of nitrogens with two attached hydrogens (primary N) is 2. The van der Waals surface area contributed by atoms with Crippen molar-refractivity contribution in [1.29, 1.82) is 0 Å². The molecule has 0 saturated carbocycles. The van der Waals surface area contributed by atoms with Crippen LogP contribution in [-0.4, -0.2) is 11.8 Å². The lowest BCUT2D eigenvalue weighted by Crippen LogP contribution is -1.90. The van der Waals surface area contributed by atoms with Crippen molar-refractivity contribution in [1.82, 2.24) is 0 Å². The Morgan fingerprint density at radius 3 is 1.22 bits per heavy atom. The van der Waals surface area contributed by atoms with E-state index in [1.165, 1.54) is 9.79 Å². The molecule has 2 aromatic rings. The van der Waals surface area contributed by atoms with Gasteiger partial charge >= 0.3 is 0 Å². The van der Waals surface area contributed by atoms with Crippen LogP contribution in [-0.2, 0) is 0 Å². The van der Waals surface area contributed by atoms with Crippen LogP contribution in [0.5, 0.6) is 0 Å². The van der Waals surface area contributed by atoms with Crippen LogP contribution in [0.15, 0.2) is 70.5 Å². The zero-order valence-electron chi connectivity index (χ0n) is 10.2. The molecule has 0 saturated heterocycles. The summed E-state index contributed by atoms with van der Waals surface area (Å²) in [4.78, 5) is 2.47. The molecule has 0 atom stereocenters. The molecule has 2 nitrogen and oxygen atoms in total. The van der Waals surface area contributed by atoms with Crippen molar-refractivity contribution in [2.45, 2.75) is 9.79 Å². The van der Waals surface area contributed by atoms with Gasteiger partial charge in [0.1, 0.15) is 0 Å². The van der Waals surface area contributed by atoms with Gasteiger partial charge in [0, 0.05) is 21.5 Å². The van der Waals surface area contributed by atoms with E-state index in [0.717, 1.165) is 0 Å². The molecule has 96 valence electrons. The first-order chi connectivity index (χ1) is 8.86. The lowest BCUT2D eigenvalue weighted by Gasteiger charge is -1.93. The smallest absolute Gasteiger partial charge is 0.0440 e. The van der Waals surface area contributed by atoms with Gasteiger partial charge in [0.25, 0.3) is 0 Å². The first-order valence-electron chi connectivity index (χ1n) is 5.62. The maximum absolute atomic E-state index is 5.32. The molecule has 2 rings (SSSR count). The highest BCUT2D eigenvalue weighted by atomic mass is 32.2. The topological polar surface area (TPSA) is 52.0 Å². The zero-order chi connectivity index (χ0) is 13.1. The second kappa shape index (κ2) is 10.0. The van der Waals surface area contributed by atoms with Gasteiger partial charge < -0.3 is 11.5 Å². The number of hydrogen-bond acceptors (Lipinski definition) is 4. The Morgan fingerprint density at radius 2 is 0.944 bits per heavy atom. The fraction of sp³-hybridized carbons (Fsp3) is 0.143. The van der Waals surface area contributed by atoms with Crippen molar-refractivity contribution in [3.63, 3.8) is 0 Å². The first-order valence-corrected chi connectivity index (χ1v) is 7.59. The van der Waals surface area contributed by atoms with E-state index in [9.17, 15) is 0 Å². The highest BCUT2D eigenvalue weighted by Crippen LogP contribution is 2.14. The van der Waals surface area contributed by atoms with Crippen LogP contribution in [0.2, 0.25) is 0 Å². The van der Waals surface area contributed by atoms with Crippen molar-refractivity contribution < 1.29 is 0 Å². The molecular formula is C14H18N2S2. The molecule has 0 aliphatic rings. The number of hydrogen-bond donors (Lipinski definition) is 2. The van der Waals surface area contributed by atoms with Crippen LogP contribution in [0.1, 0.15) is 0 Å². The second-order valence-electron chi connectivity index (χ2n) is 3.25. The summed E-state index contributed by atoms with van der Waals surface area (Å²) in [7, 11) is 0. The van der Waals surface area contributed by atoms with Gasteiger partial charge in [-0.3, -0.25) is 0 Å². The Kier molecular flexibility index (Phi) is 8.42. The summed E-state index contributed by atoms with van der Waals surface area (Å²) in [5.74, 6) is 1.31. The average Bonchev–Trinajstić information content (AvgIpc) is 2.43. The molecule has 0 amide bonds. The van der Waals surface area contributed by atoms with E-state index in [2.05, 4.69) is 24.3 Å². The molecule has 18 heavy (non-hydrogen) atoms. The van der Waals surface area contributed by atoms with E-state index in [1.807, 2.05) is 36.4 Å². The fourth-order valence-corrected chi connectivity index (χ4v) is 2.31. The summed E-state index contributed by atoms with van der Waals surface area (Å²) >= 11 is 3.31. The van der Waals surface area contributed by atoms with Gasteiger partial charge in [-0.05, 0) is 24.3 Å². The minimum atomic E-state index is 0.657. The van der Waals surface area contributed by atoms with Crippen LogP contribution in [0, 0.1) is 0 Å². The molecule has 0 heterocycles.